The Balaban J connectivity index is 1.30. The van der Waals surface area contributed by atoms with Crippen LogP contribution in [0.2, 0.25) is 0 Å². The summed E-state index contributed by atoms with van der Waals surface area (Å²) in [7, 11) is 0. The van der Waals surface area contributed by atoms with E-state index in [9.17, 15) is 14.9 Å². The quantitative estimate of drug-likeness (QED) is 0.113. The predicted octanol–water partition coefficient (Wildman–Crippen LogP) is 0.510. The molecule has 192 valence electrons. The lowest BCUT2D eigenvalue weighted by molar-refractivity contribution is -0.469. The van der Waals surface area contributed by atoms with Crippen molar-refractivity contribution >= 4 is 23.5 Å². The smallest absolute Gasteiger partial charge is 0.405 e. The van der Waals surface area contributed by atoms with Gasteiger partial charge in [-0.1, -0.05) is 12.8 Å². The summed E-state index contributed by atoms with van der Waals surface area (Å²) in [5.74, 6) is 0.857. The highest BCUT2D eigenvalue weighted by molar-refractivity contribution is 6.01. The van der Waals surface area contributed by atoms with Crippen molar-refractivity contribution in [2.24, 2.45) is 51.1 Å². The zero-order valence-corrected chi connectivity index (χ0v) is 20.5. The highest BCUT2D eigenvalue weighted by Gasteiger charge is 2.59. The average Bonchev–Trinajstić information content (AvgIpc) is 3.49. The maximum absolute atomic E-state index is 13.5. The first-order chi connectivity index (χ1) is 16.7. The number of carbonyl (C=O) groups excluding carboxylic acids is 2. The molecule has 7 atom stereocenters. The standard InChI is InChI=1S/C25H40N7O3/c26-14-18-10-17-11-20(17)32(18)22(33)21(28)25-6-1-3-15(12-25)9-16(13-25)5-8-35-23(34)19(27)4-2-7-31-24(29)30/h15-19,21H,1-13,27-28H2,(H4,29,30,31)/q+1. The monoisotopic (exact) mass is 486 g/mol. The second-order valence-corrected chi connectivity index (χ2v) is 11.1. The molecule has 1 aliphatic heterocycles. The second kappa shape index (κ2) is 10.6. The molecule has 1 heterocycles. The number of carbonyl (C=O) groups is 2. The van der Waals surface area contributed by atoms with Gasteiger partial charge in [-0.25, -0.2) is 4.79 Å². The molecule has 8 N–H and O–H groups in total. The molecule has 3 saturated carbocycles. The van der Waals surface area contributed by atoms with E-state index < -0.39 is 18.1 Å². The van der Waals surface area contributed by atoms with Gasteiger partial charge >= 0.3 is 11.9 Å². The van der Waals surface area contributed by atoms with E-state index in [0.717, 1.165) is 63.5 Å². The Morgan fingerprint density at radius 2 is 2.06 bits per heavy atom. The number of nitrogens with two attached hydrogens (primary N) is 4. The van der Waals surface area contributed by atoms with Crippen molar-refractivity contribution < 1.29 is 18.9 Å². The van der Waals surface area contributed by atoms with Gasteiger partial charge in [0.05, 0.1) is 12.5 Å². The van der Waals surface area contributed by atoms with Gasteiger partial charge in [-0.05, 0) is 62.2 Å². The van der Waals surface area contributed by atoms with Crippen LogP contribution in [-0.2, 0) is 14.3 Å². The van der Waals surface area contributed by atoms with E-state index in [2.05, 4.69) is 11.1 Å². The van der Waals surface area contributed by atoms with Gasteiger partial charge in [0.2, 0.25) is 6.04 Å². The number of guanidine groups is 1. The molecule has 4 rings (SSSR count). The van der Waals surface area contributed by atoms with Crippen LogP contribution < -0.4 is 22.9 Å². The molecule has 2 bridgehead atoms. The highest BCUT2D eigenvalue weighted by Crippen LogP contribution is 2.53. The van der Waals surface area contributed by atoms with Gasteiger partial charge in [0.15, 0.2) is 11.7 Å². The SMILES string of the molecule is N#CC1CC2CC2=[N+]1C(=O)C(N)C12CCCC(CC(CCOC(=O)C(N)CCCN=C(N)N)C1)C2. The number of fused-ring (bicyclic) bond motifs is 3. The fourth-order valence-electron chi connectivity index (χ4n) is 6.84. The van der Waals surface area contributed by atoms with E-state index >= 15 is 0 Å². The van der Waals surface area contributed by atoms with Crippen LogP contribution in [-0.4, -0.2) is 59.4 Å². The van der Waals surface area contributed by atoms with E-state index in [4.69, 9.17) is 27.7 Å². The maximum atomic E-state index is 13.5. The topological polar surface area (TPSA) is 187 Å². The summed E-state index contributed by atoms with van der Waals surface area (Å²) in [5, 5.41) is 9.53. The summed E-state index contributed by atoms with van der Waals surface area (Å²) < 4.78 is 7.21. The zero-order chi connectivity index (χ0) is 25.2. The summed E-state index contributed by atoms with van der Waals surface area (Å²) in [4.78, 5) is 29.7. The highest BCUT2D eigenvalue weighted by atomic mass is 16.5. The number of amides is 1. The lowest BCUT2D eigenvalue weighted by Crippen LogP contribution is -2.56. The van der Waals surface area contributed by atoms with E-state index in [0.29, 0.717) is 43.7 Å². The molecule has 10 nitrogen and oxygen atoms in total. The van der Waals surface area contributed by atoms with Gasteiger partial charge in [-0.3, -0.25) is 9.79 Å². The summed E-state index contributed by atoms with van der Waals surface area (Å²) in [5.41, 5.74) is 24.1. The summed E-state index contributed by atoms with van der Waals surface area (Å²) >= 11 is 0. The third-order valence-corrected chi connectivity index (χ3v) is 8.59. The molecule has 1 amide bonds. The van der Waals surface area contributed by atoms with Crippen LogP contribution in [0, 0.1) is 34.5 Å². The largest absolute Gasteiger partial charge is 0.465 e. The third kappa shape index (κ3) is 5.67. The van der Waals surface area contributed by atoms with Crippen molar-refractivity contribution in [3.05, 3.63) is 0 Å². The van der Waals surface area contributed by atoms with E-state index in [1.807, 2.05) is 0 Å². The van der Waals surface area contributed by atoms with Crippen LogP contribution >= 0.6 is 0 Å². The molecule has 0 aromatic rings. The van der Waals surface area contributed by atoms with Gasteiger partial charge in [0.1, 0.15) is 18.2 Å². The minimum Gasteiger partial charge on any atom is -0.465 e. The lowest BCUT2D eigenvalue weighted by Gasteiger charge is -2.50. The van der Waals surface area contributed by atoms with Gasteiger partial charge in [0.25, 0.3) is 0 Å². The molecule has 0 spiro atoms. The number of ether oxygens (including phenoxy) is 1. The number of hydrogen-bond acceptors (Lipinski definition) is 7. The lowest BCUT2D eigenvalue weighted by atomic mass is 9.55. The van der Waals surface area contributed by atoms with Gasteiger partial charge in [-0.15, -0.1) is 0 Å². The molecular formula is C25H40N7O3+. The summed E-state index contributed by atoms with van der Waals surface area (Å²) in [6.07, 6.45) is 9.59. The number of hydrogen-bond donors (Lipinski definition) is 4. The molecular weight excluding hydrogens is 446 g/mol. The number of rotatable bonds is 10. The van der Waals surface area contributed by atoms with Crippen molar-refractivity contribution in [2.45, 2.75) is 88.8 Å². The van der Waals surface area contributed by atoms with E-state index in [1.165, 1.54) is 0 Å². The molecule has 0 aromatic heterocycles. The van der Waals surface area contributed by atoms with Crippen LogP contribution in [0.5, 0.6) is 0 Å². The molecule has 35 heavy (non-hydrogen) atoms. The first-order valence-corrected chi connectivity index (χ1v) is 13.1. The Bertz CT molecular complexity index is 938. The van der Waals surface area contributed by atoms with Crippen LogP contribution in [0.4, 0.5) is 0 Å². The van der Waals surface area contributed by atoms with Gasteiger partial charge in [-0.2, -0.15) is 9.84 Å². The molecule has 0 aromatic carbocycles. The van der Waals surface area contributed by atoms with Crippen molar-refractivity contribution in [1.82, 2.24) is 0 Å². The minimum absolute atomic E-state index is 0.0263. The fraction of sp³-hybridized carbons (Fsp3) is 0.800. The minimum atomic E-state index is -0.690. The van der Waals surface area contributed by atoms with Gasteiger partial charge < -0.3 is 27.7 Å². The second-order valence-electron chi connectivity index (χ2n) is 11.1. The molecule has 3 aliphatic carbocycles. The molecule has 3 fully saturated rings. The Kier molecular flexibility index (Phi) is 7.77. The first-order valence-electron chi connectivity index (χ1n) is 13.1. The van der Waals surface area contributed by atoms with Crippen LogP contribution in [0.15, 0.2) is 4.99 Å². The zero-order valence-electron chi connectivity index (χ0n) is 20.5. The summed E-state index contributed by atoms with van der Waals surface area (Å²) in [6, 6.07) is 0.660. The number of nitriles is 1. The average molecular weight is 487 g/mol. The Morgan fingerprint density at radius 3 is 2.80 bits per heavy atom. The van der Waals surface area contributed by atoms with Crippen LogP contribution in [0.1, 0.15) is 70.6 Å². The molecule has 0 saturated heterocycles. The normalized spacial score (nSPS) is 32.7. The van der Waals surface area contributed by atoms with Gasteiger partial charge in [0, 0.05) is 19.4 Å². The van der Waals surface area contributed by atoms with Crippen molar-refractivity contribution in [2.75, 3.05) is 13.2 Å². The molecule has 10 heteroatoms. The van der Waals surface area contributed by atoms with E-state index in [-0.39, 0.29) is 23.3 Å². The first kappa shape index (κ1) is 25.6. The van der Waals surface area contributed by atoms with Crippen LogP contribution in [0.25, 0.3) is 0 Å². The van der Waals surface area contributed by atoms with Crippen molar-refractivity contribution in [1.29, 1.82) is 5.26 Å². The Hall–Kier alpha value is -2.51. The molecule has 0 radical (unpaired) electrons. The number of esters is 1. The van der Waals surface area contributed by atoms with Crippen molar-refractivity contribution in [3.63, 3.8) is 0 Å². The Labute approximate surface area is 207 Å². The molecule has 4 aliphatic rings. The number of aliphatic imine (C=N–C) groups is 1. The predicted molar refractivity (Wildman–Crippen MR) is 131 cm³/mol. The summed E-state index contributed by atoms with van der Waals surface area (Å²) in [6.45, 7) is 0.750. The van der Waals surface area contributed by atoms with Crippen molar-refractivity contribution in [3.8, 4) is 6.07 Å². The maximum Gasteiger partial charge on any atom is 0.405 e. The fourth-order valence-corrected chi connectivity index (χ4v) is 6.84. The number of nitrogens with zero attached hydrogens (tertiary/aromatic N) is 3. The third-order valence-electron chi connectivity index (χ3n) is 8.59. The van der Waals surface area contributed by atoms with E-state index in [1.54, 1.807) is 4.58 Å². The Morgan fingerprint density at radius 1 is 1.26 bits per heavy atom. The van der Waals surface area contributed by atoms with Crippen LogP contribution in [0.3, 0.4) is 0 Å². The molecule has 7 unspecified atom stereocenters.